The molecule has 3 aromatic heterocycles. The van der Waals surface area contributed by atoms with Crippen molar-refractivity contribution in [2.75, 3.05) is 0 Å². The normalized spacial score (nSPS) is 11.6. The van der Waals surface area contributed by atoms with Gasteiger partial charge in [-0.25, -0.2) is 19.3 Å². The van der Waals surface area contributed by atoms with Gasteiger partial charge in [-0.2, -0.15) is 0 Å². The van der Waals surface area contributed by atoms with Gasteiger partial charge in [-0.05, 0) is 48.0 Å². The van der Waals surface area contributed by atoms with Crippen LogP contribution in [0.15, 0.2) is 164 Å². The molecule has 0 aliphatic carbocycles. The SMILES string of the molecule is Fc1ccc(-c2cc(-c3nc(-c4ccccc4)nc(-c4ccccc4)n3)ccc2-n2c3ccccc3c3ccc4c5ccccc5sc4c32)cc1. The molecule has 10 aromatic rings. The molecule has 6 heteroatoms. The van der Waals surface area contributed by atoms with Gasteiger partial charge in [-0.15, -0.1) is 11.3 Å². The van der Waals surface area contributed by atoms with E-state index in [1.807, 2.05) is 84.1 Å². The minimum absolute atomic E-state index is 0.280. The number of nitrogens with zero attached hydrogens (tertiary/aromatic N) is 4. The van der Waals surface area contributed by atoms with Gasteiger partial charge in [0.25, 0.3) is 0 Å². The van der Waals surface area contributed by atoms with Crippen LogP contribution in [0.3, 0.4) is 0 Å². The van der Waals surface area contributed by atoms with E-state index in [0.29, 0.717) is 17.5 Å². The molecule has 4 nitrogen and oxygen atoms in total. The molecule has 0 spiro atoms. The lowest BCUT2D eigenvalue weighted by Gasteiger charge is -2.16. The van der Waals surface area contributed by atoms with E-state index in [4.69, 9.17) is 15.0 Å². The summed E-state index contributed by atoms with van der Waals surface area (Å²) in [5, 5.41) is 4.86. The third kappa shape index (κ3) is 4.91. The summed E-state index contributed by atoms with van der Waals surface area (Å²) in [6.45, 7) is 0. The molecule has 0 aliphatic rings. The zero-order chi connectivity index (χ0) is 33.9. The second-order valence-corrected chi connectivity index (χ2v) is 13.6. The van der Waals surface area contributed by atoms with Gasteiger partial charge in [-0.1, -0.05) is 121 Å². The first kappa shape index (κ1) is 29.4. The number of hydrogen-bond donors (Lipinski definition) is 0. The quantitative estimate of drug-likeness (QED) is 0.182. The molecular weight excluding hydrogens is 648 g/mol. The van der Waals surface area contributed by atoms with Crippen molar-refractivity contribution in [3.63, 3.8) is 0 Å². The number of benzene rings is 7. The second-order valence-electron chi connectivity index (χ2n) is 12.6. The highest BCUT2D eigenvalue weighted by Crippen LogP contribution is 2.44. The molecule has 0 saturated carbocycles. The third-order valence-electron chi connectivity index (χ3n) is 9.53. The van der Waals surface area contributed by atoms with E-state index in [0.717, 1.165) is 44.5 Å². The van der Waals surface area contributed by atoms with E-state index in [9.17, 15) is 4.39 Å². The number of rotatable bonds is 5. The van der Waals surface area contributed by atoms with Crippen molar-refractivity contribution in [1.82, 2.24) is 19.5 Å². The summed E-state index contributed by atoms with van der Waals surface area (Å²) in [6, 6.07) is 54.8. The maximum absolute atomic E-state index is 14.4. The van der Waals surface area contributed by atoms with E-state index in [1.54, 1.807) is 0 Å². The van der Waals surface area contributed by atoms with E-state index in [-0.39, 0.29) is 5.82 Å². The van der Waals surface area contributed by atoms with Crippen molar-refractivity contribution >= 4 is 53.3 Å². The molecule has 0 atom stereocenters. The Kier molecular flexibility index (Phi) is 6.82. The number of para-hydroxylation sites is 1. The second kappa shape index (κ2) is 11.8. The standard InChI is InChI=1S/C45H27FN4S/c46-32-22-19-28(20-23-32)37-27-31(45-48-43(29-11-3-1-4-12-29)47-44(49-45)30-13-5-2-6-14-30)21-26-39(37)50-38-17-9-7-15-33(38)35-24-25-36-34-16-8-10-18-40(34)51-42(36)41(35)50/h1-27H. The van der Waals surface area contributed by atoms with Gasteiger partial charge in [0.1, 0.15) is 5.82 Å². The summed E-state index contributed by atoms with van der Waals surface area (Å²) in [5.74, 6) is 1.48. The van der Waals surface area contributed by atoms with Crippen molar-refractivity contribution in [1.29, 1.82) is 0 Å². The van der Waals surface area contributed by atoms with Crippen LogP contribution in [0.1, 0.15) is 0 Å². The Balaban J connectivity index is 1.27. The number of thiophene rings is 1. The molecule has 240 valence electrons. The first-order valence-corrected chi connectivity index (χ1v) is 17.6. The fourth-order valence-electron chi connectivity index (χ4n) is 7.15. The molecule has 0 aliphatic heterocycles. The Morgan fingerprint density at radius 1 is 0.451 bits per heavy atom. The average molecular weight is 675 g/mol. The lowest BCUT2D eigenvalue weighted by atomic mass is 9.99. The summed E-state index contributed by atoms with van der Waals surface area (Å²) in [5.41, 5.74) is 7.73. The number of aromatic nitrogens is 4. The lowest BCUT2D eigenvalue weighted by Crippen LogP contribution is -2.02. The Labute approximate surface area is 296 Å². The Morgan fingerprint density at radius 2 is 1.02 bits per heavy atom. The zero-order valence-corrected chi connectivity index (χ0v) is 28.0. The Hall–Kier alpha value is -6.50. The maximum Gasteiger partial charge on any atom is 0.164 e. The van der Waals surface area contributed by atoms with Crippen molar-refractivity contribution in [2.45, 2.75) is 0 Å². The molecule has 0 amide bonds. The highest BCUT2D eigenvalue weighted by Gasteiger charge is 2.21. The van der Waals surface area contributed by atoms with Gasteiger partial charge in [0.15, 0.2) is 17.5 Å². The first-order chi connectivity index (χ1) is 25.2. The van der Waals surface area contributed by atoms with Crippen LogP contribution in [0.2, 0.25) is 0 Å². The minimum atomic E-state index is -0.280. The van der Waals surface area contributed by atoms with Crippen LogP contribution in [0.25, 0.3) is 93.0 Å². The fourth-order valence-corrected chi connectivity index (χ4v) is 8.39. The molecular formula is C45H27FN4S. The van der Waals surface area contributed by atoms with Gasteiger partial charge in [0.2, 0.25) is 0 Å². The van der Waals surface area contributed by atoms with Gasteiger partial charge >= 0.3 is 0 Å². The first-order valence-electron chi connectivity index (χ1n) is 16.8. The molecule has 7 aromatic carbocycles. The Bertz CT molecular complexity index is 2860. The number of fused-ring (bicyclic) bond motifs is 7. The topological polar surface area (TPSA) is 43.6 Å². The predicted molar refractivity (Wildman–Crippen MR) is 209 cm³/mol. The molecule has 0 saturated heterocycles. The van der Waals surface area contributed by atoms with Crippen molar-refractivity contribution in [2.24, 2.45) is 0 Å². The van der Waals surface area contributed by atoms with E-state index >= 15 is 0 Å². The molecule has 51 heavy (non-hydrogen) atoms. The lowest BCUT2D eigenvalue weighted by molar-refractivity contribution is 0.628. The van der Waals surface area contributed by atoms with E-state index < -0.39 is 0 Å². The third-order valence-corrected chi connectivity index (χ3v) is 10.7. The average Bonchev–Trinajstić information content (AvgIpc) is 3.75. The van der Waals surface area contributed by atoms with E-state index in [1.165, 1.54) is 43.1 Å². The summed E-state index contributed by atoms with van der Waals surface area (Å²) < 4.78 is 19.3. The molecule has 0 bridgehead atoms. The smallest absolute Gasteiger partial charge is 0.164 e. The molecule has 10 rings (SSSR count). The number of halogens is 1. The highest BCUT2D eigenvalue weighted by molar-refractivity contribution is 7.26. The van der Waals surface area contributed by atoms with Gasteiger partial charge in [0.05, 0.1) is 21.4 Å². The molecule has 0 N–H and O–H groups in total. The Morgan fingerprint density at radius 3 is 1.73 bits per heavy atom. The van der Waals surface area contributed by atoms with Crippen molar-refractivity contribution in [3.8, 4) is 51.0 Å². The van der Waals surface area contributed by atoms with Crippen LogP contribution in [0, 0.1) is 5.82 Å². The minimum Gasteiger partial charge on any atom is -0.307 e. The summed E-state index contributed by atoms with van der Waals surface area (Å²) in [7, 11) is 0. The van der Waals surface area contributed by atoms with Gasteiger partial charge < -0.3 is 4.57 Å². The van der Waals surface area contributed by atoms with Gasteiger partial charge in [-0.3, -0.25) is 0 Å². The molecule has 0 radical (unpaired) electrons. The fraction of sp³-hybridized carbons (Fsp3) is 0. The van der Waals surface area contributed by atoms with Crippen molar-refractivity contribution < 1.29 is 4.39 Å². The van der Waals surface area contributed by atoms with Crippen LogP contribution in [0.5, 0.6) is 0 Å². The maximum atomic E-state index is 14.4. The highest BCUT2D eigenvalue weighted by atomic mass is 32.1. The summed E-state index contributed by atoms with van der Waals surface area (Å²) in [4.78, 5) is 14.9. The molecule has 3 heterocycles. The monoisotopic (exact) mass is 674 g/mol. The predicted octanol–water partition coefficient (Wildman–Crippen LogP) is 12.1. The van der Waals surface area contributed by atoms with Crippen molar-refractivity contribution in [3.05, 3.63) is 170 Å². The molecule has 0 unspecified atom stereocenters. The zero-order valence-electron chi connectivity index (χ0n) is 27.2. The van der Waals surface area contributed by atoms with Crippen LogP contribution < -0.4 is 0 Å². The van der Waals surface area contributed by atoms with Crippen LogP contribution in [-0.2, 0) is 0 Å². The molecule has 0 fully saturated rings. The number of hydrogen-bond acceptors (Lipinski definition) is 4. The van der Waals surface area contributed by atoms with Crippen LogP contribution in [0.4, 0.5) is 4.39 Å². The summed E-state index contributed by atoms with van der Waals surface area (Å²) >= 11 is 1.82. The van der Waals surface area contributed by atoms with E-state index in [2.05, 4.69) is 83.4 Å². The summed E-state index contributed by atoms with van der Waals surface area (Å²) in [6.07, 6.45) is 0. The largest absolute Gasteiger partial charge is 0.307 e. The van der Waals surface area contributed by atoms with Crippen LogP contribution in [-0.4, -0.2) is 19.5 Å². The van der Waals surface area contributed by atoms with Gasteiger partial charge in [0, 0.05) is 48.5 Å². The van der Waals surface area contributed by atoms with Crippen LogP contribution >= 0.6 is 11.3 Å².